The van der Waals surface area contributed by atoms with Crippen molar-refractivity contribution in [3.05, 3.63) is 58.7 Å². The van der Waals surface area contributed by atoms with Crippen molar-refractivity contribution in [1.82, 2.24) is 10.1 Å². The van der Waals surface area contributed by atoms with Gasteiger partial charge in [0.1, 0.15) is 28.7 Å². The summed E-state index contributed by atoms with van der Waals surface area (Å²) in [7, 11) is 0. The number of anilines is 2. The number of aryl methyl sites for hydroxylation is 1. The summed E-state index contributed by atoms with van der Waals surface area (Å²) in [4.78, 5) is 19.3. The van der Waals surface area contributed by atoms with Crippen molar-refractivity contribution < 1.29 is 18.4 Å². The van der Waals surface area contributed by atoms with Crippen LogP contribution in [0.25, 0.3) is 11.3 Å². The molecule has 0 bridgehead atoms. The lowest BCUT2D eigenvalue weighted by molar-refractivity contribution is 0.102. The second-order valence-electron chi connectivity index (χ2n) is 6.51. The average Bonchev–Trinajstić information content (AvgIpc) is 3.10. The molecule has 150 valence electrons. The van der Waals surface area contributed by atoms with Crippen LogP contribution < -0.4 is 10.2 Å². The fourth-order valence-electron chi connectivity index (χ4n) is 3.18. The molecular formula is C20H18ClFN4O3. The van der Waals surface area contributed by atoms with Gasteiger partial charge in [-0.2, -0.15) is 0 Å². The monoisotopic (exact) mass is 416 g/mol. The molecule has 3 aromatic rings. The second kappa shape index (κ2) is 8.18. The van der Waals surface area contributed by atoms with E-state index in [1.54, 1.807) is 19.2 Å². The number of morpholine rings is 1. The van der Waals surface area contributed by atoms with Crippen LogP contribution in [-0.2, 0) is 4.74 Å². The maximum Gasteiger partial charge on any atom is 0.262 e. The molecule has 4 rings (SSSR count). The third-order valence-corrected chi connectivity index (χ3v) is 4.97. The van der Waals surface area contributed by atoms with Crippen molar-refractivity contribution in [2.24, 2.45) is 0 Å². The molecule has 0 aliphatic carbocycles. The SMILES string of the molecule is Cc1onc(-c2c(F)cccc2Cl)c1C(=O)Nc1ccc(N2CCOCC2)cn1. The number of carbonyl (C=O) groups excluding carboxylic acids is 1. The first-order valence-corrected chi connectivity index (χ1v) is 9.43. The molecule has 1 aliphatic rings. The first-order valence-electron chi connectivity index (χ1n) is 9.05. The number of aromatic nitrogens is 2. The van der Waals surface area contributed by atoms with Gasteiger partial charge in [0.25, 0.3) is 5.91 Å². The van der Waals surface area contributed by atoms with Crippen molar-refractivity contribution in [3.8, 4) is 11.3 Å². The van der Waals surface area contributed by atoms with Crippen LogP contribution in [0.1, 0.15) is 16.1 Å². The van der Waals surface area contributed by atoms with Crippen LogP contribution in [0.4, 0.5) is 15.9 Å². The highest BCUT2D eigenvalue weighted by Crippen LogP contribution is 2.33. The average molecular weight is 417 g/mol. The standard InChI is InChI=1S/C20H18ClFN4O3/c1-12-17(19(25-29-12)18-14(21)3-2-4-15(18)22)20(27)24-16-6-5-13(11-23-16)26-7-9-28-10-8-26/h2-6,11H,7-10H2,1H3,(H,23,24,27). The number of rotatable bonds is 4. The van der Waals surface area contributed by atoms with Crippen LogP contribution in [0.2, 0.25) is 5.02 Å². The number of pyridine rings is 1. The van der Waals surface area contributed by atoms with E-state index in [4.69, 9.17) is 20.9 Å². The molecule has 0 saturated carbocycles. The van der Waals surface area contributed by atoms with Gasteiger partial charge in [-0.1, -0.05) is 22.8 Å². The predicted molar refractivity (Wildman–Crippen MR) is 107 cm³/mol. The molecule has 0 spiro atoms. The summed E-state index contributed by atoms with van der Waals surface area (Å²) in [6, 6.07) is 7.84. The van der Waals surface area contributed by atoms with E-state index in [-0.39, 0.29) is 27.6 Å². The molecule has 7 nitrogen and oxygen atoms in total. The predicted octanol–water partition coefficient (Wildman–Crippen LogP) is 3.93. The van der Waals surface area contributed by atoms with Gasteiger partial charge in [0.2, 0.25) is 0 Å². The molecule has 9 heteroatoms. The molecule has 1 amide bonds. The molecule has 2 aromatic heterocycles. The van der Waals surface area contributed by atoms with Gasteiger partial charge < -0.3 is 19.5 Å². The van der Waals surface area contributed by atoms with Gasteiger partial charge >= 0.3 is 0 Å². The molecule has 1 aromatic carbocycles. The van der Waals surface area contributed by atoms with E-state index in [9.17, 15) is 9.18 Å². The summed E-state index contributed by atoms with van der Waals surface area (Å²) in [6.07, 6.45) is 1.69. The van der Waals surface area contributed by atoms with Crippen molar-refractivity contribution in [3.63, 3.8) is 0 Å². The highest BCUT2D eigenvalue weighted by atomic mass is 35.5. The number of carbonyl (C=O) groups is 1. The fourth-order valence-corrected chi connectivity index (χ4v) is 3.43. The van der Waals surface area contributed by atoms with E-state index < -0.39 is 11.7 Å². The Morgan fingerprint density at radius 3 is 2.72 bits per heavy atom. The summed E-state index contributed by atoms with van der Waals surface area (Å²) in [5, 5.41) is 6.69. The van der Waals surface area contributed by atoms with Crippen LogP contribution in [0, 0.1) is 12.7 Å². The molecule has 1 aliphatic heterocycles. The summed E-state index contributed by atoms with van der Waals surface area (Å²) in [5.74, 6) is -0.488. The molecule has 1 N–H and O–H groups in total. The zero-order chi connectivity index (χ0) is 20.4. The first kappa shape index (κ1) is 19.4. The number of hydrogen-bond acceptors (Lipinski definition) is 6. The van der Waals surface area contributed by atoms with Gasteiger partial charge in [-0.15, -0.1) is 0 Å². The normalized spacial score (nSPS) is 14.1. The minimum Gasteiger partial charge on any atom is -0.378 e. The molecule has 1 fully saturated rings. The summed E-state index contributed by atoms with van der Waals surface area (Å²) >= 11 is 6.12. The Labute approximate surface area is 171 Å². The molecule has 0 radical (unpaired) electrons. The lowest BCUT2D eigenvalue weighted by Crippen LogP contribution is -2.36. The molecule has 1 saturated heterocycles. The number of ether oxygens (including phenoxy) is 1. The topological polar surface area (TPSA) is 80.5 Å². The van der Waals surface area contributed by atoms with Crippen LogP contribution >= 0.6 is 11.6 Å². The largest absolute Gasteiger partial charge is 0.378 e. The van der Waals surface area contributed by atoms with Crippen LogP contribution in [0.3, 0.4) is 0 Å². The zero-order valence-electron chi connectivity index (χ0n) is 15.6. The molecule has 0 atom stereocenters. The maximum absolute atomic E-state index is 14.3. The molecule has 29 heavy (non-hydrogen) atoms. The first-order chi connectivity index (χ1) is 14.0. The van der Waals surface area contributed by atoms with Crippen molar-refractivity contribution in [1.29, 1.82) is 0 Å². The van der Waals surface area contributed by atoms with Gasteiger partial charge in [-0.25, -0.2) is 9.37 Å². The Kier molecular flexibility index (Phi) is 5.46. The lowest BCUT2D eigenvalue weighted by atomic mass is 10.0. The Bertz CT molecular complexity index is 1010. The van der Waals surface area contributed by atoms with Crippen LogP contribution in [0.5, 0.6) is 0 Å². The zero-order valence-corrected chi connectivity index (χ0v) is 16.4. The molecule has 3 heterocycles. The van der Waals surface area contributed by atoms with Crippen molar-refractivity contribution in [2.45, 2.75) is 6.92 Å². The number of nitrogens with one attached hydrogen (secondary N) is 1. The smallest absolute Gasteiger partial charge is 0.262 e. The highest BCUT2D eigenvalue weighted by molar-refractivity contribution is 6.33. The number of benzene rings is 1. The van der Waals surface area contributed by atoms with E-state index in [2.05, 4.69) is 20.4 Å². The van der Waals surface area contributed by atoms with Gasteiger partial charge in [-0.05, 0) is 31.2 Å². The number of hydrogen-bond donors (Lipinski definition) is 1. The summed E-state index contributed by atoms with van der Waals surface area (Å²) in [5.41, 5.74) is 1.13. The number of halogens is 2. The number of amides is 1. The third kappa shape index (κ3) is 3.94. The van der Waals surface area contributed by atoms with Crippen LogP contribution in [-0.4, -0.2) is 42.4 Å². The second-order valence-corrected chi connectivity index (χ2v) is 6.92. The Morgan fingerprint density at radius 1 is 1.24 bits per heavy atom. The quantitative estimate of drug-likeness (QED) is 0.694. The molecule has 0 unspecified atom stereocenters. The number of nitrogens with zero attached hydrogens (tertiary/aromatic N) is 3. The van der Waals surface area contributed by atoms with Crippen LogP contribution in [0.15, 0.2) is 41.1 Å². The summed E-state index contributed by atoms with van der Waals surface area (Å²) < 4.78 is 24.8. The fraction of sp³-hybridized carbons (Fsp3) is 0.250. The Balaban J connectivity index is 1.57. The van der Waals surface area contributed by atoms with E-state index in [0.29, 0.717) is 19.0 Å². The molecular weight excluding hydrogens is 399 g/mol. The minimum atomic E-state index is -0.590. The highest BCUT2D eigenvalue weighted by Gasteiger charge is 2.25. The Morgan fingerprint density at radius 2 is 2.03 bits per heavy atom. The van der Waals surface area contributed by atoms with Crippen molar-refractivity contribution >= 4 is 29.0 Å². The van der Waals surface area contributed by atoms with E-state index in [0.717, 1.165) is 18.8 Å². The van der Waals surface area contributed by atoms with Gasteiger partial charge in [0, 0.05) is 13.1 Å². The van der Waals surface area contributed by atoms with Crippen molar-refractivity contribution in [2.75, 3.05) is 36.5 Å². The van der Waals surface area contributed by atoms with Gasteiger partial charge in [-0.3, -0.25) is 4.79 Å². The summed E-state index contributed by atoms with van der Waals surface area (Å²) in [6.45, 7) is 4.51. The maximum atomic E-state index is 14.3. The Hall–Kier alpha value is -2.97. The van der Waals surface area contributed by atoms with E-state index in [1.807, 2.05) is 6.07 Å². The lowest BCUT2D eigenvalue weighted by Gasteiger charge is -2.28. The van der Waals surface area contributed by atoms with Gasteiger partial charge in [0.15, 0.2) is 0 Å². The van der Waals surface area contributed by atoms with E-state index >= 15 is 0 Å². The minimum absolute atomic E-state index is 0.0202. The van der Waals surface area contributed by atoms with Gasteiger partial charge in [0.05, 0.1) is 35.7 Å². The van der Waals surface area contributed by atoms with E-state index in [1.165, 1.54) is 18.2 Å². The third-order valence-electron chi connectivity index (χ3n) is 4.66.